The quantitative estimate of drug-likeness (QED) is 0.818. The number of carbonyl (C=O) groups excluding carboxylic acids is 1. The molecule has 6 heteroatoms. The molecule has 1 fully saturated rings. The van der Waals surface area contributed by atoms with Crippen molar-refractivity contribution in [3.8, 4) is 0 Å². The van der Waals surface area contributed by atoms with Crippen molar-refractivity contribution in [2.45, 2.75) is 30.7 Å². The zero-order valence-corrected chi connectivity index (χ0v) is 12.3. The molecule has 0 aliphatic heterocycles. The first-order chi connectivity index (χ1) is 9.47. The summed E-state index contributed by atoms with van der Waals surface area (Å²) in [7, 11) is -3.22. The molecular formula is C14H20N2O3S. The maximum atomic E-state index is 12.1. The van der Waals surface area contributed by atoms with Gasteiger partial charge in [0.2, 0.25) is 0 Å². The second-order valence-electron chi connectivity index (χ2n) is 5.08. The number of nitrogens with two attached hydrogens (primary N) is 1. The van der Waals surface area contributed by atoms with E-state index in [0.717, 1.165) is 12.8 Å². The van der Waals surface area contributed by atoms with Crippen LogP contribution in [0.5, 0.6) is 0 Å². The first-order valence-electron chi connectivity index (χ1n) is 6.81. The lowest BCUT2D eigenvalue weighted by molar-refractivity contribution is 0.0933. The molecule has 1 saturated carbocycles. The van der Waals surface area contributed by atoms with E-state index in [2.05, 4.69) is 5.32 Å². The second kappa shape index (κ2) is 5.93. The number of sulfone groups is 1. The Kier molecular flexibility index (Phi) is 4.45. The van der Waals surface area contributed by atoms with Gasteiger partial charge in [0.05, 0.1) is 10.6 Å². The molecular weight excluding hydrogens is 276 g/mol. The zero-order chi connectivity index (χ0) is 14.8. The molecule has 1 amide bonds. The minimum Gasteiger partial charge on any atom is -0.348 e. The molecule has 5 nitrogen and oxygen atoms in total. The molecule has 0 aromatic heterocycles. The minimum absolute atomic E-state index is 0.0153. The molecule has 20 heavy (non-hydrogen) atoms. The maximum absolute atomic E-state index is 12.1. The summed E-state index contributed by atoms with van der Waals surface area (Å²) in [6.45, 7) is 2.02. The van der Waals surface area contributed by atoms with Crippen LogP contribution in [-0.2, 0) is 9.84 Å². The van der Waals surface area contributed by atoms with Crippen LogP contribution in [-0.4, -0.2) is 32.7 Å². The van der Waals surface area contributed by atoms with Crippen molar-refractivity contribution in [3.05, 3.63) is 29.8 Å². The van der Waals surface area contributed by atoms with Crippen molar-refractivity contribution >= 4 is 15.7 Å². The van der Waals surface area contributed by atoms with Crippen LogP contribution in [0.4, 0.5) is 0 Å². The summed E-state index contributed by atoms with van der Waals surface area (Å²) in [5.41, 5.74) is 6.10. The third-order valence-corrected chi connectivity index (χ3v) is 5.37. The van der Waals surface area contributed by atoms with Crippen molar-refractivity contribution in [2.24, 2.45) is 11.7 Å². The average Bonchev–Trinajstić information content (AvgIpc) is 3.29. The Morgan fingerprint density at radius 3 is 2.40 bits per heavy atom. The number of nitrogens with one attached hydrogen (secondary N) is 1. The Morgan fingerprint density at radius 1 is 1.35 bits per heavy atom. The Bertz CT molecular complexity index is 577. The van der Waals surface area contributed by atoms with Gasteiger partial charge >= 0.3 is 0 Å². The Hall–Kier alpha value is -1.40. The number of hydrogen-bond acceptors (Lipinski definition) is 4. The molecule has 0 spiro atoms. The van der Waals surface area contributed by atoms with Crippen molar-refractivity contribution in [1.82, 2.24) is 5.32 Å². The van der Waals surface area contributed by atoms with E-state index in [9.17, 15) is 13.2 Å². The predicted molar refractivity (Wildman–Crippen MR) is 77.2 cm³/mol. The molecule has 1 aromatic rings. The highest BCUT2D eigenvalue weighted by Gasteiger charge is 2.31. The fourth-order valence-corrected chi connectivity index (χ4v) is 2.98. The molecule has 3 N–H and O–H groups in total. The third kappa shape index (κ3) is 3.37. The first kappa shape index (κ1) is 15.0. The van der Waals surface area contributed by atoms with Gasteiger partial charge in [-0.05, 0) is 43.0 Å². The van der Waals surface area contributed by atoms with Gasteiger partial charge in [-0.2, -0.15) is 0 Å². The monoisotopic (exact) mass is 296 g/mol. The number of carbonyl (C=O) groups is 1. The van der Waals surface area contributed by atoms with E-state index in [1.165, 1.54) is 12.1 Å². The third-order valence-electron chi connectivity index (χ3n) is 3.62. The highest BCUT2D eigenvalue weighted by Crippen LogP contribution is 2.32. The largest absolute Gasteiger partial charge is 0.348 e. The summed E-state index contributed by atoms with van der Waals surface area (Å²) in [4.78, 5) is 12.3. The normalized spacial score (nSPS) is 16.7. The van der Waals surface area contributed by atoms with Crippen LogP contribution in [0.1, 0.15) is 30.1 Å². The summed E-state index contributed by atoms with van der Waals surface area (Å²) in [6.07, 6.45) is 2.21. The van der Waals surface area contributed by atoms with E-state index in [4.69, 9.17) is 5.73 Å². The minimum atomic E-state index is -3.22. The molecule has 1 aromatic carbocycles. The van der Waals surface area contributed by atoms with E-state index in [1.54, 1.807) is 19.1 Å². The summed E-state index contributed by atoms with van der Waals surface area (Å²) in [5.74, 6) is 0.339. The van der Waals surface area contributed by atoms with Gasteiger partial charge in [0.15, 0.2) is 9.84 Å². The van der Waals surface area contributed by atoms with Gasteiger partial charge < -0.3 is 11.1 Å². The fraction of sp³-hybridized carbons (Fsp3) is 0.500. The van der Waals surface area contributed by atoms with Gasteiger partial charge in [-0.1, -0.05) is 6.92 Å². The van der Waals surface area contributed by atoms with Gasteiger partial charge in [-0.25, -0.2) is 8.42 Å². The Morgan fingerprint density at radius 2 is 1.95 bits per heavy atom. The predicted octanol–water partition coefficient (Wildman–Crippen LogP) is 0.947. The summed E-state index contributed by atoms with van der Waals surface area (Å²) < 4.78 is 23.4. The summed E-state index contributed by atoms with van der Waals surface area (Å²) >= 11 is 0. The molecule has 0 saturated heterocycles. The molecule has 0 bridgehead atoms. The first-order valence-corrected chi connectivity index (χ1v) is 8.47. The zero-order valence-electron chi connectivity index (χ0n) is 11.5. The van der Waals surface area contributed by atoms with Gasteiger partial charge in [0.1, 0.15) is 0 Å². The molecule has 1 aliphatic rings. The van der Waals surface area contributed by atoms with Gasteiger partial charge in [0.25, 0.3) is 5.91 Å². The second-order valence-corrected chi connectivity index (χ2v) is 7.36. The van der Waals surface area contributed by atoms with Crippen molar-refractivity contribution in [1.29, 1.82) is 0 Å². The maximum Gasteiger partial charge on any atom is 0.251 e. The van der Waals surface area contributed by atoms with Crippen molar-refractivity contribution in [3.63, 3.8) is 0 Å². The lowest BCUT2D eigenvalue weighted by Crippen LogP contribution is -2.41. The van der Waals surface area contributed by atoms with Crippen LogP contribution in [0, 0.1) is 5.92 Å². The Labute approximate surface area is 119 Å². The molecule has 1 aliphatic carbocycles. The van der Waals surface area contributed by atoms with E-state index in [-0.39, 0.29) is 22.6 Å². The highest BCUT2D eigenvalue weighted by molar-refractivity contribution is 7.91. The van der Waals surface area contributed by atoms with Gasteiger partial charge in [0, 0.05) is 18.2 Å². The molecule has 1 unspecified atom stereocenters. The molecule has 110 valence electrons. The molecule has 0 radical (unpaired) electrons. The fourth-order valence-electron chi connectivity index (χ4n) is 2.10. The summed E-state index contributed by atoms with van der Waals surface area (Å²) in [5, 5.41) is 2.90. The smallest absolute Gasteiger partial charge is 0.251 e. The van der Waals surface area contributed by atoms with Crippen LogP contribution >= 0.6 is 0 Å². The van der Waals surface area contributed by atoms with E-state index in [1.807, 2.05) is 0 Å². The Balaban J connectivity index is 2.07. The standard InChI is InChI=1S/C14H20N2O3S/c1-2-20(18,19)12-7-5-11(6-8-12)14(17)16-13(9-15)10-3-4-10/h5-8,10,13H,2-4,9,15H2,1H3,(H,16,17). The topological polar surface area (TPSA) is 89.3 Å². The van der Waals surface area contributed by atoms with Gasteiger partial charge in [-0.15, -0.1) is 0 Å². The van der Waals surface area contributed by atoms with Crippen LogP contribution in [0.15, 0.2) is 29.2 Å². The number of hydrogen-bond donors (Lipinski definition) is 2. The number of amides is 1. The van der Waals surface area contributed by atoms with E-state index < -0.39 is 9.84 Å². The highest BCUT2D eigenvalue weighted by atomic mass is 32.2. The lowest BCUT2D eigenvalue weighted by Gasteiger charge is -2.16. The van der Waals surface area contributed by atoms with Crippen LogP contribution in [0.25, 0.3) is 0 Å². The SMILES string of the molecule is CCS(=O)(=O)c1ccc(C(=O)NC(CN)C2CC2)cc1. The number of benzene rings is 1. The molecule has 1 atom stereocenters. The van der Waals surface area contributed by atoms with E-state index >= 15 is 0 Å². The summed E-state index contributed by atoms with van der Waals surface area (Å²) in [6, 6.07) is 6.04. The van der Waals surface area contributed by atoms with Crippen LogP contribution in [0.2, 0.25) is 0 Å². The van der Waals surface area contributed by atoms with E-state index in [0.29, 0.717) is 18.0 Å². The lowest BCUT2D eigenvalue weighted by atomic mass is 10.1. The number of rotatable bonds is 6. The molecule has 0 heterocycles. The van der Waals surface area contributed by atoms with Crippen molar-refractivity contribution in [2.75, 3.05) is 12.3 Å². The van der Waals surface area contributed by atoms with Crippen LogP contribution < -0.4 is 11.1 Å². The molecule has 2 rings (SSSR count). The average molecular weight is 296 g/mol. The van der Waals surface area contributed by atoms with Gasteiger partial charge in [-0.3, -0.25) is 4.79 Å². The van der Waals surface area contributed by atoms with Crippen LogP contribution in [0.3, 0.4) is 0 Å². The van der Waals surface area contributed by atoms with Crippen molar-refractivity contribution < 1.29 is 13.2 Å².